The second-order valence-corrected chi connectivity index (χ2v) is 7.69. The van der Waals surface area contributed by atoms with Crippen molar-refractivity contribution in [3.05, 3.63) is 58.1 Å². The van der Waals surface area contributed by atoms with Crippen LogP contribution in [-0.2, 0) is 16.6 Å². The fourth-order valence-electron chi connectivity index (χ4n) is 1.96. The second-order valence-electron chi connectivity index (χ2n) is 4.79. The van der Waals surface area contributed by atoms with Crippen molar-refractivity contribution in [1.82, 2.24) is 4.31 Å². The van der Waals surface area contributed by atoms with E-state index in [0.717, 1.165) is 16.4 Å². The number of halogens is 3. The number of rotatable bonds is 5. The molecule has 23 heavy (non-hydrogen) atoms. The van der Waals surface area contributed by atoms with Crippen molar-refractivity contribution >= 4 is 26.0 Å². The molecule has 124 valence electrons. The van der Waals surface area contributed by atoms with Crippen LogP contribution in [0, 0.1) is 11.6 Å². The van der Waals surface area contributed by atoms with Crippen molar-refractivity contribution in [2.24, 2.45) is 0 Å². The van der Waals surface area contributed by atoms with Gasteiger partial charge >= 0.3 is 0 Å². The van der Waals surface area contributed by atoms with E-state index < -0.39 is 21.7 Å². The molecule has 0 atom stereocenters. The molecular weight excluding hydrogens is 392 g/mol. The minimum Gasteiger partial charge on any atom is -0.496 e. The predicted molar refractivity (Wildman–Crippen MR) is 85.7 cm³/mol. The molecule has 0 spiro atoms. The lowest BCUT2D eigenvalue weighted by Gasteiger charge is -2.18. The third-order valence-corrected chi connectivity index (χ3v) is 5.66. The first-order valence-corrected chi connectivity index (χ1v) is 8.73. The summed E-state index contributed by atoms with van der Waals surface area (Å²) in [5.74, 6) is -1.00. The molecule has 0 radical (unpaired) electrons. The number of methoxy groups -OCH3 is 1. The monoisotopic (exact) mass is 405 g/mol. The average Bonchev–Trinajstić information content (AvgIpc) is 2.49. The molecule has 0 aliphatic heterocycles. The Morgan fingerprint density at radius 1 is 1.17 bits per heavy atom. The van der Waals surface area contributed by atoms with E-state index in [-0.39, 0.29) is 17.0 Å². The molecule has 2 rings (SSSR count). The zero-order chi connectivity index (χ0) is 17.2. The van der Waals surface area contributed by atoms with Gasteiger partial charge in [-0.2, -0.15) is 4.31 Å². The van der Waals surface area contributed by atoms with Crippen LogP contribution in [0.2, 0.25) is 0 Å². The highest BCUT2D eigenvalue weighted by molar-refractivity contribution is 9.10. The van der Waals surface area contributed by atoms with E-state index >= 15 is 0 Å². The first kappa shape index (κ1) is 17.8. The van der Waals surface area contributed by atoms with Gasteiger partial charge in [-0.05, 0) is 40.2 Å². The van der Waals surface area contributed by atoms with Gasteiger partial charge in [0.2, 0.25) is 10.0 Å². The Bertz CT molecular complexity index is 827. The first-order chi connectivity index (χ1) is 10.8. The van der Waals surface area contributed by atoms with Gasteiger partial charge in [0.25, 0.3) is 0 Å². The molecule has 2 aromatic carbocycles. The number of nitrogens with zero attached hydrogens (tertiary/aromatic N) is 1. The topological polar surface area (TPSA) is 46.6 Å². The second kappa shape index (κ2) is 6.94. The largest absolute Gasteiger partial charge is 0.496 e. The molecule has 0 N–H and O–H groups in total. The molecule has 0 saturated carbocycles. The van der Waals surface area contributed by atoms with Gasteiger partial charge in [0.1, 0.15) is 17.4 Å². The van der Waals surface area contributed by atoms with Crippen LogP contribution in [0.1, 0.15) is 5.56 Å². The normalized spacial score (nSPS) is 11.7. The summed E-state index contributed by atoms with van der Waals surface area (Å²) in [7, 11) is -1.02. The molecule has 0 amide bonds. The molecule has 0 fully saturated rings. The van der Waals surface area contributed by atoms with Crippen LogP contribution in [0.5, 0.6) is 5.75 Å². The Morgan fingerprint density at radius 2 is 1.87 bits per heavy atom. The van der Waals surface area contributed by atoms with Gasteiger partial charge in [-0.15, -0.1) is 0 Å². The summed E-state index contributed by atoms with van der Waals surface area (Å²) in [5.41, 5.74) is 0.0880. The highest BCUT2D eigenvalue weighted by Gasteiger charge is 2.23. The van der Waals surface area contributed by atoms with E-state index in [1.165, 1.54) is 38.4 Å². The van der Waals surface area contributed by atoms with Crippen LogP contribution in [0.3, 0.4) is 0 Å². The van der Waals surface area contributed by atoms with E-state index in [9.17, 15) is 17.2 Å². The lowest BCUT2D eigenvalue weighted by atomic mass is 10.2. The van der Waals surface area contributed by atoms with Crippen LogP contribution in [-0.4, -0.2) is 26.9 Å². The number of hydrogen-bond acceptors (Lipinski definition) is 3. The molecule has 0 saturated heterocycles. The summed E-state index contributed by atoms with van der Waals surface area (Å²) in [4.78, 5) is 0.0372. The zero-order valence-corrected chi connectivity index (χ0v) is 14.8. The fourth-order valence-corrected chi connectivity index (χ4v) is 3.83. The summed E-state index contributed by atoms with van der Waals surface area (Å²) in [6, 6.07) is 7.36. The molecule has 0 aromatic heterocycles. The highest BCUT2D eigenvalue weighted by Crippen LogP contribution is 2.29. The molecular formula is C15H14BrF2NO3S. The number of sulfonamides is 1. The SMILES string of the molecule is COc1ccc(S(=O)(=O)N(C)Cc2ccc(F)cc2F)cc1Br. The van der Waals surface area contributed by atoms with Gasteiger partial charge in [-0.25, -0.2) is 17.2 Å². The van der Waals surface area contributed by atoms with Crippen molar-refractivity contribution < 1.29 is 21.9 Å². The average molecular weight is 406 g/mol. The Kier molecular flexibility index (Phi) is 5.38. The zero-order valence-electron chi connectivity index (χ0n) is 12.4. The highest BCUT2D eigenvalue weighted by atomic mass is 79.9. The Morgan fingerprint density at radius 3 is 2.43 bits per heavy atom. The van der Waals surface area contributed by atoms with Crippen molar-refractivity contribution in [3.8, 4) is 5.75 Å². The van der Waals surface area contributed by atoms with Crippen molar-refractivity contribution in [1.29, 1.82) is 0 Å². The number of ether oxygens (including phenoxy) is 1. The van der Waals surface area contributed by atoms with Gasteiger partial charge in [0.15, 0.2) is 0 Å². The minimum atomic E-state index is -3.82. The van der Waals surface area contributed by atoms with Crippen LogP contribution in [0.15, 0.2) is 45.8 Å². The molecule has 2 aromatic rings. The predicted octanol–water partition coefficient (Wildman–Crippen LogP) is 3.56. The van der Waals surface area contributed by atoms with E-state index in [2.05, 4.69) is 15.9 Å². The summed E-state index contributed by atoms with van der Waals surface area (Å²) in [6.07, 6.45) is 0. The van der Waals surface area contributed by atoms with E-state index in [1.807, 2.05) is 0 Å². The molecule has 0 aliphatic rings. The lowest BCUT2D eigenvalue weighted by Crippen LogP contribution is -2.27. The summed E-state index contributed by atoms with van der Waals surface area (Å²) in [5, 5.41) is 0. The maximum absolute atomic E-state index is 13.7. The van der Waals surface area contributed by atoms with Crippen LogP contribution in [0.25, 0.3) is 0 Å². The van der Waals surface area contributed by atoms with Gasteiger partial charge in [-0.1, -0.05) is 6.07 Å². The summed E-state index contributed by atoms with van der Waals surface area (Å²) < 4.78 is 58.2. The molecule has 0 unspecified atom stereocenters. The summed E-state index contributed by atoms with van der Waals surface area (Å²) in [6.45, 7) is -0.210. The van der Waals surface area contributed by atoms with Crippen LogP contribution >= 0.6 is 15.9 Å². The quantitative estimate of drug-likeness (QED) is 0.763. The molecule has 0 aliphatic carbocycles. The van der Waals surface area contributed by atoms with Crippen LogP contribution in [0.4, 0.5) is 8.78 Å². The fraction of sp³-hybridized carbons (Fsp3) is 0.200. The third-order valence-electron chi connectivity index (χ3n) is 3.24. The van der Waals surface area contributed by atoms with Crippen molar-refractivity contribution in [3.63, 3.8) is 0 Å². The smallest absolute Gasteiger partial charge is 0.243 e. The van der Waals surface area contributed by atoms with Crippen LogP contribution < -0.4 is 4.74 Å². The van der Waals surface area contributed by atoms with Crippen molar-refractivity contribution in [2.75, 3.05) is 14.2 Å². The Balaban J connectivity index is 2.29. The van der Waals surface area contributed by atoms with Gasteiger partial charge < -0.3 is 4.74 Å². The first-order valence-electron chi connectivity index (χ1n) is 6.49. The Hall–Kier alpha value is -1.51. The summed E-state index contributed by atoms with van der Waals surface area (Å²) >= 11 is 3.23. The van der Waals surface area contributed by atoms with E-state index in [4.69, 9.17) is 4.74 Å². The van der Waals surface area contributed by atoms with Gasteiger partial charge in [0, 0.05) is 25.2 Å². The standard InChI is InChI=1S/C15H14BrF2NO3S/c1-19(9-10-3-4-11(17)7-14(10)18)23(20,21)12-5-6-15(22-2)13(16)8-12/h3-8H,9H2,1-2H3. The van der Waals surface area contributed by atoms with E-state index in [1.54, 1.807) is 0 Å². The lowest BCUT2D eigenvalue weighted by molar-refractivity contribution is 0.411. The minimum absolute atomic E-state index is 0.0372. The molecule has 0 heterocycles. The number of hydrogen-bond donors (Lipinski definition) is 0. The van der Waals surface area contributed by atoms with Gasteiger partial charge in [-0.3, -0.25) is 0 Å². The maximum atomic E-state index is 13.7. The molecule has 0 bridgehead atoms. The number of benzene rings is 2. The van der Waals surface area contributed by atoms with Gasteiger partial charge in [0.05, 0.1) is 16.5 Å². The Labute approximate surface area is 141 Å². The van der Waals surface area contributed by atoms with E-state index in [0.29, 0.717) is 10.2 Å². The molecule has 8 heteroatoms. The van der Waals surface area contributed by atoms with Crippen molar-refractivity contribution in [2.45, 2.75) is 11.4 Å². The molecule has 4 nitrogen and oxygen atoms in total. The maximum Gasteiger partial charge on any atom is 0.243 e. The third kappa shape index (κ3) is 3.88.